The van der Waals surface area contributed by atoms with Crippen molar-refractivity contribution in [1.82, 2.24) is 4.31 Å². The quantitative estimate of drug-likeness (QED) is 0.842. The predicted octanol–water partition coefficient (Wildman–Crippen LogP) is 2.69. The van der Waals surface area contributed by atoms with Gasteiger partial charge in [0.1, 0.15) is 0 Å². The number of benzene rings is 1. The largest absolute Gasteiger partial charge is 0.388 e. The molecule has 0 aliphatic heterocycles. The van der Waals surface area contributed by atoms with Crippen LogP contribution in [-0.4, -0.2) is 30.4 Å². The minimum absolute atomic E-state index is 0.166. The minimum Gasteiger partial charge on any atom is -0.388 e. The zero-order valence-electron chi connectivity index (χ0n) is 12.1. The maximum absolute atomic E-state index is 12.7. The Labute approximate surface area is 121 Å². The summed E-state index contributed by atoms with van der Waals surface area (Å²) in [5.74, 6) is 0. The molecule has 0 saturated heterocycles. The highest BCUT2D eigenvalue weighted by molar-refractivity contribution is 7.89. The fourth-order valence-electron chi connectivity index (χ4n) is 2.34. The Morgan fingerprint density at radius 1 is 1.35 bits per heavy atom. The second-order valence-electron chi connectivity index (χ2n) is 5.34. The third kappa shape index (κ3) is 3.22. The third-order valence-corrected chi connectivity index (χ3v) is 5.58. The highest BCUT2D eigenvalue weighted by Gasteiger charge is 2.37. The van der Waals surface area contributed by atoms with E-state index in [1.807, 2.05) is 13.8 Å². The molecule has 1 unspecified atom stereocenters. The topological polar surface area (TPSA) is 57.6 Å². The molecule has 5 heteroatoms. The van der Waals surface area contributed by atoms with E-state index in [4.69, 9.17) is 0 Å². The molecule has 1 aromatic rings. The van der Waals surface area contributed by atoms with E-state index in [0.29, 0.717) is 23.4 Å². The molecule has 112 valence electrons. The van der Waals surface area contributed by atoms with E-state index in [-0.39, 0.29) is 6.04 Å². The summed E-state index contributed by atoms with van der Waals surface area (Å²) in [6.45, 7) is 4.43. The standard InChI is InChI=1S/C15H23NO3S/c1-3-10-16(13-8-9-13)20(18,19)14-7-5-6-12(11-14)15(17)4-2/h5-7,11,13,15,17H,3-4,8-10H2,1-2H3. The third-order valence-electron chi connectivity index (χ3n) is 3.63. The summed E-state index contributed by atoms with van der Waals surface area (Å²) in [7, 11) is -3.44. The van der Waals surface area contributed by atoms with E-state index in [1.54, 1.807) is 28.6 Å². The molecule has 0 aromatic heterocycles. The van der Waals surface area contributed by atoms with Gasteiger partial charge in [-0.3, -0.25) is 0 Å². The van der Waals surface area contributed by atoms with Crippen molar-refractivity contribution in [2.24, 2.45) is 0 Å². The van der Waals surface area contributed by atoms with Crippen LogP contribution in [0.25, 0.3) is 0 Å². The van der Waals surface area contributed by atoms with Crippen molar-refractivity contribution in [3.05, 3.63) is 29.8 Å². The normalized spacial score (nSPS) is 17.4. The lowest BCUT2D eigenvalue weighted by Gasteiger charge is -2.22. The molecule has 4 nitrogen and oxygen atoms in total. The number of hydrogen-bond acceptors (Lipinski definition) is 3. The van der Waals surface area contributed by atoms with Crippen molar-refractivity contribution in [1.29, 1.82) is 0 Å². The van der Waals surface area contributed by atoms with Gasteiger partial charge in [0.2, 0.25) is 10.0 Å². The first-order valence-corrected chi connectivity index (χ1v) is 8.74. The molecule has 0 heterocycles. The zero-order valence-corrected chi connectivity index (χ0v) is 12.9. The van der Waals surface area contributed by atoms with Crippen LogP contribution in [0.5, 0.6) is 0 Å². The van der Waals surface area contributed by atoms with E-state index >= 15 is 0 Å². The zero-order chi connectivity index (χ0) is 14.8. The van der Waals surface area contributed by atoms with Crippen molar-refractivity contribution in [2.45, 2.75) is 56.6 Å². The van der Waals surface area contributed by atoms with E-state index in [2.05, 4.69) is 0 Å². The van der Waals surface area contributed by atoms with Crippen LogP contribution in [0.1, 0.15) is 51.2 Å². The van der Waals surface area contributed by atoms with Crippen LogP contribution >= 0.6 is 0 Å². The summed E-state index contributed by atoms with van der Waals surface area (Å²) in [5, 5.41) is 9.87. The van der Waals surface area contributed by atoms with Crippen LogP contribution in [0, 0.1) is 0 Å². The monoisotopic (exact) mass is 297 g/mol. The smallest absolute Gasteiger partial charge is 0.243 e. The van der Waals surface area contributed by atoms with Crippen LogP contribution in [0.2, 0.25) is 0 Å². The molecule has 1 fully saturated rings. The van der Waals surface area contributed by atoms with Gasteiger partial charge in [0.15, 0.2) is 0 Å². The van der Waals surface area contributed by atoms with Crippen molar-refractivity contribution in [2.75, 3.05) is 6.54 Å². The highest BCUT2D eigenvalue weighted by Crippen LogP contribution is 2.32. The maximum Gasteiger partial charge on any atom is 0.243 e. The second kappa shape index (κ2) is 6.24. The summed E-state index contributed by atoms with van der Waals surface area (Å²) in [4.78, 5) is 0.294. The van der Waals surface area contributed by atoms with Gasteiger partial charge < -0.3 is 5.11 Å². The molecule has 0 spiro atoms. The number of rotatable bonds is 7. The second-order valence-corrected chi connectivity index (χ2v) is 7.23. The Morgan fingerprint density at radius 2 is 2.05 bits per heavy atom. The molecule has 0 radical (unpaired) electrons. The Balaban J connectivity index is 2.32. The Kier molecular flexibility index (Phi) is 4.83. The molecule has 1 aliphatic rings. The molecule has 2 rings (SSSR count). The van der Waals surface area contributed by atoms with Gasteiger partial charge in [-0.1, -0.05) is 26.0 Å². The van der Waals surface area contributed by atoms with Crippen LogP contribution < -0.4 is 0 Å². The summed E-state index contributed by atoms with van der Waals surface area (Å²) in [6, 6.07) is 6.87. The molecule has 1 N–H and O–H groups in total. The Morgan fingerprint density at radius 3 is 2.60 bits per heavy atom. The SMILES string of the molecule is CCCN(C1CC1)S(=O)(=O)c1cccc(C(O)CC)c1. The summed E-state index contributed by atoms with van der Waals surface area (Å²) >= 11 is 0. The minimum atomic E-state index is -3.44. The number of aliphatic hydroxyl groups excluding tert-OH is 1. The summed E-state index contributed by atoms with van der Waals surface area (Å²) in [6.07, 6.45) is 2.69. The Bertz CT molecular complexity index is 552. The number of sulfonamides is 1. The lowest BCUT2D eigenvalue weighted by atomic mass is 10.1. The number of hydrogen-bond donors (Lipinski definition) is 1. The van der Waals surface area contributed by atoms with Crippen molar-refractivity contribution < 1.29 is 13.5 Å². The summed E-state index contributed by atoms with van der Waals surface area (Å²) in [5.41, 5.74) is 0.667. The Hall–Kier alpha value is -0.910. The van der Waals surface area contributed by atoms with Crippen molar-refractivity contribution in [3.63, 3.8) is 0 Å². The molecule has 0 amide bonds. The van der Waals surface area contributed by atoms with Gasteiger partial charge in [-0.2, -0.15) is 4.31 Å². The first-order valence-electron chi connectivity index (χ1n) is 7.30. The molecular formula is C15H23NO3S. The van der Waals surface area contributed by atoms with Gasteiger partial charge in [0.25, 0.3) is 0 Å². The number of aliphatic hydroxyl groups is 1. The molecule has 1 saturated carbocycles. The predicted molar refractivity (Wildman–Crippen MR) is 78.9 cm³/mol. The van der Waals surface area contributed by atoms with Gasteiger partial charge >= 0.3 is 0 Å². The van der Waals surface area contributed by atoms with Gasteiger partial charge in [-0.15, -0.1) is 0 Å². The van der Waals surface area contributed by atoms with E-state index < -0.39 is 16.1 Å². The lowest BCUT2D eigenvalue weighted by molar-refractivity contribution is 0.173. The molecular weight excluding hydrogens is 274 g/mol. The molecule has 1 atom stereocenters. The van der Waals surface area contributed by atoms with E-state index in [9.17, 15) is 13.5 Å². The van der Waals surface area contributed by atoms with Gasteiger partial charge in [0, 0.05) is 12.6 Å². The average molecular weight is 297 g/mol. The summed E-state index contributed by atoms with van der Waals surface area (Å²) < 4.78 is 27.0. The van der Waals surface area contributed by atoms with E-state index in [0.717, 1.165) is 19.3 Å². The number of nitrogens with zero attached hydrogens (tertiary/aromatic N) is 1. The van der Waals surface area contributed by atoms with Crippen LogP contribution in [0.4, 0.5) is 0 Å². The van der Waals surface area contributed by atoms with Gasteiger partial charge in [-0.25, -0.2) is 8.42 Å². The van der Waals surface area contributed by atoms with Crippen molar-refractivity contribution >= 4 is 10.0 Å². The van der Waals surface area contributed by atoms with Crippen LogP contribution in [0.15, 0.2) is 29.2 Å². The van der Waals surface area contributed by atoms with Gasteiger partial charge in [-0.05, 0) is 43.4 Å². The average Bonchev–Trinajstić information content (AvgIpc) is 3.28. The van der Waals surface area contributed by atoms with Crippen LogP contribution in [0.3, 0.4) is 0 Å². The lowest BCUT2D eigenvalue weighted by Crippen LogP contribution is -2.33. The van der Waals surface area contributed by atoms with Crippen LogP contribution in [-0.2, 0) is 10.0 Å². The molecule has 1 aromatic carbocycles. The van der Waals surface area contributed by atoms with E-state index in [1.165, 1.54) is 0 Å². The maximum atomic E-state index is 12.7. The first-order chi connectivity index (χ1) is 9.50. The fraction of sp³-hybridized carbons (Fsp3) is 0.600. The first kappa shape index (κ1) is 15.5. The molecule has 1 aliphatic carbocycles. The molecule has 20 heavy (non-hydrogen) atoms. The fourth-order valence-corrected chi connectivity index (χ4v) is 4.17. The highest BCUT2D eigenvalue weighted by atomic mass is 32.2. The van der Waals surface area contributed by atoms with Gasteiger partial charge in [0.05, 0.1) is 11.0 Å². The van der Waals surface area contributed by atoms with Crippen molar-refractivity contribution in [3.8, 4) is 0 Å². The molecule has 0 bridgehead atoms.